The van der Waals surface area contributed by atoms with E-state index in [0.717, 1.165) is 11.1 Å². The Kier molecular flexibility index (Phi) is 8.54. The number of phenolic OH excluding ortho intramolecular Hbond substituents is 2. The summed E-state index contributed by atoms with van der Waals surface area (Å²) in [5.41, 5.74) is 3.68. The Labute approximate surface area is 210 Å². The molecule has 0 bridgehead atoms. The summed E-state index contributed by atoms with van der Waals surface area (Å²) < 4.78 is 22.9. The van der Waals surface area contributed by atoms with Crippen LogP contribution in [0.1, 0.15) is 22.3 Å². The first kappa shape index (κ1) is 25.2. The lowest BCUT2D eigenvalue weighted by Crippen LogP contribution is -2.15. The molecular weight excluding hydrogens is 460 g/mol. The molecule has 0 spiro atoms. The van der Waals surface area contributed by atoms with Crippen molar-refractivity contribution in [1.82, 2.24) is 0 Å². The van der Waals surface area contributed by atoms with Crippen LogP contribution in [-0.4, -0.2) is 62.3 Å². The van der Waals surface area contributed by atoms with E-state index < -0.39 is 0 Å². The van der Waals surface area contributed by atoms with Gasteiger partial charge < -0.3 is 29.2 Å². The maximum absolute atomic E-state index is 10.4. The third-order valence-corrected chi connectivity index (χ3v) is 5.61. The van der Waals surface area contributed by atoms with Gasteiger partial charge >= 0.3 is 0 Å². The largest absolute Gasteiger partial charge is 0.507 e. The molecule has 4 rings (SSSR count). The molecule has 0 amide bonds. The standard InChI is InChI=1S/C28H30N2O6/c1-19-5-3-7-21(27(19)31)17-29-23-15-25-26(36-14-12-34-10-9-33-11-13-35-25)16-24(23)30-18-22-8-4-6-20(2)28(22)32/h3-8,15-18,31-32H,9-14H2,1-2H3. The summed E-state index contributed by atoms with van der Waals surface area (Å²) in [6, 6.07) is 14.4. The van der Waals surface area contributed by atoms with Gasteiger partial charge in [-0.3, -0.25) is 9.98 Å². The molecule has 188 valence electrons. The fourth-order valence-electron chi connectivity index (χ4n) is 3.56. The number of aryl methyl sites for hydroxylation is 2. The molecule has 0 fully saturated rings. The Morgan fingerprint density at radius 3 is 1.50 bits per heavy atom. The zero-order valence-electron chi connectivity index (χ0n) is 20.4. The Morgan fingerprint density at radius 2 is 1.06 bits per heavy atom. The lowest BCUT2D eigenvalue weighted by Gasteiger charge is -2.16. The third-order valence-electron chi connectivity index (χ3n) is 5.61. The van der Waals surface area contributed by atoms with E-state index in [1.807, 2.05) is 38.1 Å². The minimum absolute atomic E-state index is 0.166. The van der Waals surface area contributed by atoms with Crippen LogP contribution in [0.2, 0.25) is 0 Å². The number of hydrogen-bond acceptors (Lipinski definition) is 8. The lowest BCUT2D eigenvalue weighted by atomic mass is 10.1. The van der Waals surface area contributed by atoms with Gasteiger partial charge in [-0.1, -0.05) is 24.3 Å². The first-order valence-corrected chi connectivity index (χ1v) is 11.8. The molecular formula is C28H30N2O6. The van der Waals surface area contributed by atoms with Gasteiger partial charge in [0.2, 0.25) is 0 Å². The van der Waals surface area contributed by atoms with E-state index in [1.54, 1.807) is 36.7 Å². The fourth-order valence-corrected chi connectivity index (χ4v) is 3.56. The van der Waals surface area contributed by atoms with Crippen LogP contribution in [0.15, 0.2) is 58.5 Å². The summed E-state index contributed by atoms with van der Waals surface area (Å²) in [7, 11) is 0. The van der Waals surface area contributed by atoms with Crippen molar-refractivity contribution in [2.75, 3.05) is 39.6 Å². The van der Waals surface area contributed by atoms with Crippen molar-refractivity contribution in [2.24, 2.45) is 9.98 Å². The summed E-state index contributed by atoms with van der Waals surface area (Å²) in [4.78, 5) is 9.23. The van der Waals surface area contributed by atoms with Crippen LogP contribution in [0.5, 0.6) is 23.0 Å². The molecule has 1 heterocycles. The number of phenols is 2. The first-order chi connectivity index (χ1) is 17.5. The molecule has 1 aliphatic rings. The summed E-state index contributed by atoms with van der Waals surface area (Å²) in [5.74, 6) is 1.33. The highest BCUT2D eigenvalue weighted by Gasteiger charge is 2.14. The number of benzene rings is 3. The average Bonchev–Trinajstić information content (AvgIpc) is 2.86. The minimum Gasteiger partial charge on any atom is -0.507 e. The number of para-hydroxylation sites is 2. The van der Waals surface area contributed by atoms with E-state index in [1.165, 1.54) is 0 Å². The second kappa shape index (κ2) is 12.2. The Morgan fingerprint density at radius 1 is 0.639 bits per heavy atom. The third kappa shape index (κ3) is 6.41. The molecule has 0 saturated heterocycles. The highest BCUT2D eigenvalue weighted by atomic mass is 16.6. The molecule has 3 aromatic rings. The molecule has 0 radical (unpaired) electrons. The van der Waals surface area contributed by atoms with Crippen molar-refractivity contribution in [1.29, 1.82) is 0 Å². The van der Waals surface area contributed by atoms with Gasteiger partial charge in [0.05, 0.1) is 37.8 Å². The van der Waals surface area contributed by atoms with Crippen LogP contribution in [0, 0.1) is 13.8 Å². The number of nitrogens with zero attached hydrogens (tertiary/aromatic N) is 2. The summed E-state index contributed by atoms with van der Waals surface area (Å²) in [6.45, 7) is 6.12. The topological polar surface area (TPSA) is 102 Å². The van der Waals surface area contributed by atoms with Gasteiger partial charge in [-0.05, 0) is 37.1 Å². The number of hydrogen-bond donors (Lipinski definition) is 2. The quantitative estimate of drug-likeness (QED) is 0.498. The van der Waals surface area contributed by atoms with Crippen molar-refractivity contribution in [3.05, 3.63) is 70.8 Å². The van der Waals surface area contributed by atoms with Gasteiger partial charge in [0.1, 0.15) is 24.7 Å². The molecule has 0 unspecified atom stereocenters. The predicted molar refractivity (Wildman–Crippen MR) is 139 cm³/mol. The molecule has 8 heteroatoms. The molecule has 2 N–H and O–H groups in total. The molecule has 8 nitrogen and oxygen atoms in total. The van der Waals surface area contributed by atoms with Crippen LogP contribution >= 0.6 is 0 Å². The smallest absolute Gasteiger partial charge is 0.163 e. The molecule has 36 heavy (non-hydrogen) atoms. The first-order valence-electron chi connectivity index (χ1n) is 11.8. The number of fused-ring (bicyclic) bond motifs is 1. The Balaban J connectivity index is 1.74. The van der Waals surface area contributed by atoms with Gasteiger partial charge in [-0.25, -0.2) is 0 Å². The fraction of sp³-hybridized carbons (Fsp3) is 0.286. The predicted octanol–water partition coefficient (Wildman–Crippen LogP) is 5.02. The highest BCUT2D eigenvalue weighted by molar-refractivity contribution is 5.90. The van der Waals surface area contributed by atoms with Crippen LogP contribution in [0.3, 0.4) is 0 Å². The molecule has 0 aromatic heterocycles. The number of aliphatic imine (C=N–C) groups is 2. The van der Waals surface area contributed by atoms with E-state index in [9.17, 15) is 10.2 Å². The zero-order valence-corrected chi connectivity index (χ0v) is 20.4. The average molecular weight is 491 g/mol. The van der Waals surface area contributed by atoms with E-state index in [0.29, 0.717) is 73.6 Å². The van der Waals surface area contributed by atoms with Gasteiger partial charge in [0, 0.05) is 35.7 Å². The van der Waals surface area contributed by atoms with E-state index >= 15 is 0 Å². The zero-order chi connectivity index (χ0) is 25.3. The van der Waals surface area contributed by atoms with E-state index in [-0.39, 0.29) is 11.5 Å². The second-order valence-corrected chi connectivity index (χ2v) is 8.25. The monoisotopic (exact) mass is 490 g/mol. The minimum atomic E-state index is 0.166. The van der Waals surface area contributed by atoms with Gasteiger partial charge in [-0.15, -0.1) is 0 Å². The van der Waals surface area contributed by atoms with Crippen LogP contribution in [-0.2, 0) is 9.47 Å². The lowest BCUT2D eigenvalue weighted by molar-refractivity contribution is 0.0223. The summed E-state index contributed by atoms with van der Waals surface area (Å²) in [6.07, 6.45) is 3.17. The summed E-state index contributed by atoms with van der Waals surface area (Å²) >= 11 is 0. The van der Waals surface area contributed by atoms with Crippen molar-refractivity contribution >= 4 is 23.8 Å². The van der Waals surface area contributed by atoms with Gasteiger partial charge in [0.25, 0.3) is 0 Å². The van der Waals surface area contributed by atoms with Crippen LogP contribution in [0.4, 0.5) is 11.4 Å². The van der Waals surface area contributed by atoms with Crippen molar-refractivity contribution in [3.63, 3.8) is 0 Å². The van der Waals surface area contributed by atoms with Crippen molar-refractivity contribution in [3.8, 4) is 23.0 Å². The van der Waals surface area contributed by atoms with Crippen LogP contribution < -0.4 is 9.47 Å². The van der Waals surface area contributed by atoms with E-state index in [2.05, 4.69) is 9.98 Å². The van der Waals surface area contributed by atoms with Crippen molar-refractivity contribution in [2.45, 2.75) is 13.8 Å². The number of rotatable bonds is 4. The highest BCUT2D eigenvalue weighted by Crippen LogP contribution is 2.40. The summed E-state index contributed by atoms with van der Waals surface area (Å²) in [5, 5.41) is 20.8. The Bertz CT molecular complexity index is 1160. The molecule has 0 saturated carbocycles. The van der Waals surface area contributed by atoms with Gasteiger partial charge in [-0.2, -0.15) is 0 Å². The second-order valence-electron chi connectivity index (χ2n) is 8.25. The maximum atomic E-state index is 10.4. The van der Waals surface area contributed by atoms with E-state index in [4.69, 9.17) is 18.9 Å². The molecule has 3 aromatic carbocycles. The normalized spacial score (nSPS) is 15.1. The van der Waals surface area contributed by atoms with Crippen molar-refractivity contribution < 1.29 is 29.2 Å². The molecule has 1 aliphatic heterocycles. The molecule has 0 atom stereocenters. The maximum Gasteiger partial charge on any atom is 0.163 e. The number of ether oxygens (including phenoxy) is 4. The number of aromatic hydroxyl groups is 2. The Hall–Kier alpha value is -3.88. The molecule has 0 aliphatic carbocycles. The van der Waals surface area contributed by atoms with Gasteiger partial charge in [0.15, 0.2) is 11.5 Å². The van der Waals surface area contributed by atoms with Crippen LogP contribution in [0.25, 0.3) is 0 Å². The SMILES string of the molecule is Cc1cccc(C=Nc2cc3c(cc2N=Cc2cccc(C)c2O)OCCOCCOCCO3)c1O.